The van der Waals surface area contributed by atoms with Crippen LogP contribution in [0.4, 0.5) is 0 Å². The maximum absolute atomic E-state index is 12.9. The van der Waals surface area contributed by atoms with E-state index in [-0.39, 0.29) is 5.75 Å². The molecule has 0 fully saturated rings. The van der Waals surface area contributed by atoms with E-state index in [1.165, 1.54) is 18.4 Å². The van der Waals surface area contributed by atoms with E-state index < -0.39 is 5.97 Å². The van der Waals surface area contributed by atoms with Crippen LogP contribution in [0.5, 0.6) is 11.5 Å². The normalized spacial score (nSPS) is 11.1. The number of para-hydroxylation sites is 1. The summed E-state index contributed by atoms with van der Waals surface area (Å²) in [6, 6.07) is 7.25. The van der Waals surface area contributed by atoms with Gasteiger partial charge >= 0.3 is 5.97 Å². The van der Waals surface area contributed by atoms with Crippen LogP contribution in [0, 0.1) is 6.92 Å². The number of thiazole rings is 1. The van der Waals surface area contributed by atoms with Gasteiger partial charge in [0.15, 0.2) is 5.75 Å². The van der Waals surface area contributed by atoms with E-state index in [9.17, 15) is 4.79 Å². The smallest absolute Gasteiger partial charge is 0.346 e. The fourth-order valence-corrected chi connectivity index (χ4v) is 3.74. The van der Waals surface area contributed by atoms with Crippen molar-refractivity contribution in [3.8, 4) is 11.5 Å². The minimum atomic E-state index is -0.524. The number of ether oxygens (including phenoxy) is 3. The number of carbonyl (C=O) groups excluding carboxylic acids is 1. The van der Waals surface area contributed by atoms with Gasteiger partial charge < -0.3 is 14.2 Å². The van der Waals surface area contributed by atoms with Crippen molar-refractivity contribution in [2.45, 2.75) is 13.5 Å². The van der Waals surface area contributed by atoms with Crippen LogP contribution in [0.25, 0.3) is 21.3 Å². The average Bonchev–Trinajstić information content (AvgIpc) is 3.17. The molecule has 0 saturated heterocycles. The maximum atomic E-state index is 12.9. The first kappa shape index (κ1) is 18.3. The van der Waals surface area contributed by atoms with E-state index in [0.717, 1.165) is 10.3 Å². The number of fused-ring (bicyclic) bond motifs is 2. The molecule has 28 heavy (non-hydrogen) atoms. The van der Waals surface area contributed by atoms with E-state index in [1.807, 2.05) is 19.1 Å². The molecular weight excluding hydrogens is 378 g/mol. The number of carbonyl (C=O) groups is 1. The van der Waals surface area contributed by atoms with E-state index >= 15 is 0 Å². The van der Waals surface area contributed by atoms with Gasteiger partial charge in [-0.2, -0.15) is 0 Å². The molecule has 0 bridgehead atoms. The quantitative estimate of drug-likeness (QED) is 0.374. The van der Waals surface area contributed by atoms with Crippen LogP contribution >= 0.6 is 11.3 Å². The largest absolute Gasteiger partial charge is 0.492 e. The SMILES string of the molecule is COCc1cnc2c(OC(=O)c3cccc4scnc34)c(OC)c(C)cc2n1. The highest BCUT2D eigenvalue weighted by Crippen LogP contribution is 2.38. The summed E-state index contributed by atoms with van der Waals surface area (Å²) in [7, 11) is 3.12. The maximum Gasteiger partial charge on any atom is 0.346 e. The van der Waals surface area contributed by atoms with Crippen molar-refractivity contribution in [3.05, 3.63) is 52.8 Å². The molecule has 0 N–H and O–H groups in total. The van der Waals surface area contributed by atoms with Gasteiger partial charge in [-0.1, -0.05) is 6.07 Å². The van der Waals surface area contributed by atoms with Gasteiger partial charge in [0, 0.05) is 7.11 Å². The number of hydrogen-bond acceptors (Lipinski definition) is 8. The monoisotopic (exact) mass is 395 g/mol. The van der Waals surface area contributed by atoms with Crippen LogP contribution in [0.1, 0.15) is 21.6 Å². The fraction of sp³-hybridized carbons (Fsp3) is 0.200. The Morgan fingerprint density at radius 1 is 1.14 bits per heavy atom. The highest BCUT2D eigenvalue weighted by Gasteiger charge is 2.21. The molecule has 0 atom stereocenters. The van der Waals surface area contributed by atoms with E-state index in [1.54, 1.807) is 30.9 Å². The zero-order valence-corrected chi connectivity index (χ0v) is 16.4. The topological polar surface area (TPSA) is 83.4 Å². The van der Waals surface area contributed by atoms with E-state index in [0.29, 0.717) is 40.2 Å². The molecule has 0 aliphatic carbocycles. The van der Waals surface area contributed by atoms with Crippen molar-refractivity contribution >= 4 is 38.6 Å². The molecule has 0 amide bonds. The Morgan fingerprint density at radius 2 is 2.00 bits per heavy atom. The summed E-state index contributed by atoms with van der Waals surface area (Å²) in [5, 5.41) is 0. The summed E-state index contributed by atoms with van der Waals surface area (Å²) in [5.74, 6) is 0.163. The second-order valence-corrected chi connectivity index (χ2v) is 7.00. The summed E-state index contributed by atoms with van der Waals surface area (Å²) in [4.78, 5) is 26.2. The third kappa shape index (κ3) is 3.17. The van der Waals surface area contributed by atoms with Crippen LogP contribution in [-0.4, -0.2) is 35.1 Å². The van der Waals surface area contributed by atoms with Crippen molar-refractivity contribution in [1.82, 2.24) is 15.0 Å². The summed E-state index contributed by atoms with van der Waals surface area (Å²) in [6.45, 7) is 2.20. The first-order valence-corrected chi connectivity index (χ1v) is 9.37. The van der Waals surface area contributed by atoms with Crippen LogP contribution in [0.2, 0.25) is 0 Å². The molecule has 0 saturated carbocycles. The van der Waals surface area contributed by atoms with E-state index in [4.69, 9.17) is 14.2 Å². The second kappa shape index (κ2) is 7.49. The number of nitrogens with zero attached hydrogens (tertiary/aromatic N) is 3. The first-order chi connectivity index (χ1) is 13.6. The molecule has 4 rings (SSSR count). The van der Waals surface area contributed by atoms with Gasteiger partial charge in [-0.05, 0) is 30.7 Å². The van der Waals surface area contributed by atoms with Gasteiger partial charge in [0.1, 0.15) is 5.52 Å². The zero-order chi connectivity index (χ0) is 19.7. The van der Waals surface area contributed by atoms with Gasteiger partial charge in [0.2, 0.25) is 5.75 Å². The molecule has 0 aliphatic rings. The lowest BCUT2D eigenvalue weighted by atomic mass is 10.1. The molecule has 2 aromatic carbocycles. The van der Waals surface area contributed by atoms with Crippen molar-refractivity contribution in [1.29, 1.82) is 0 Å². The molecule has 142 valence electrons. The predicted molar refractivity (Wildman–Crippen MR) is 106 cm³/mol. The number of rotatable bonds is 5. The Bertz CT molecular complexity index is 1190. The number of hydrogen-bond donors (Lipinski definition) is 0. The summed E-state index contributed by atoms with van der Waals surface area (Å²) in [5.41, 5.74) is 5.22. The van der Waals surface area contributed by atoms with Crippen molar-refractivity contribution in [2.75, 3.05) is 14.2 Å². The van der Waals surface area contributed by atoms with Crippen molar-refractivity contribution in [2.24, 2.45) is 0 Å². The summed E-state index contributed by atoms with van der Waals surface area (Å²) < 4.78 is 17.3. The third-order valence-electron chi connectivity index (χ3n) is 4.25. The molecule has 8 heteroatoms. The van der Waals surface area contributed by atoms with Gasteiger partial charge in [-0.25, -0.2) is 19.7 Å². The highest BCUT2D eigenvalue weighted by atomic mass is 32.1. The Balaban J connectivity index is 1.82. The number of esters is 1. The lowest BCUT2D eigenvalue weighted by Gasteiger charge is -2.14. The van der Waals surface area contributed by atoms with Crippen LogP contribution < -0.4 is 9.47 Å². The third-order valence-corrected chi connectivity index (χ3v) is 5.05. The molecule has 2 aromatic heterocycles. The van der Waals surface area contributed by atoms with Gasteiger partial charge in [-0.15, -0.1) is 11.3 Å². The lowest BCUT2D eigenvalue weighted by molar-refractivity contribution is 0.0733. The predicted octanol–water partition coefficient (Wildman–Crippen LogP) is 3.92. The Morgan fingerprint density at radius 3 is 2.79 bits per heavy atom. The van der Waals surface area contributed by atoms with E-state index in [2.05, 4.69) is 15.0 Å². The molecule has 0 aliphatic heterocycles. The van der Waals surface area contributed by atoms with Crippen LogP contribution in [0.15, 0.2) is 36.0 Å². The Labute approximate surface area is 164 Å². The van der Waals surface area contributed by atoms with Crippen LogP contribution in [-0.2, 0) is 11.3 Å². The number of aromatic nitrogens is 3. The molecule has 0 unspecified atom stereocenters. The molecule has 7 nitrogen and oxygen atoms in total. The minimum Gasteiger partial charge on any atom is -0.492 e. The van der Waals surface area contributed by atoms with Crippen LogP contribution in [0.3, 0.4) is 0 Å². The van der Waals surface area contributed by atoms with Gasteiger partial charge in [0.25, 0.3) is 0 Å². The standard InChI is InChI=1S/C20H17N3O4S/c1-11-7-14-17(21-8-12(23-14)9-25-2)19(18(11)26-3)27-20(24)13-5-4-6-15-16(13)22-10-28-15/h4-8,10H,9H2,1-3H3. The lowest BCUT2D eigenvalue weighted by Crippen LogP contribution is -2.11. The fourth-order valence-electron chi connectivity index (χ4n) is 3.04. The second-order valence-electron chi connectivity index (χ2n) is 6.11. The van der Waals surface area contributed by atoms with Gasteiger partial charge in [0.05, 0.1) is 52.4 Å². The average molecular weight is 395 g/mol. The molecule has 0 radical (unpaired) electrons. The highest BCUT2D eigenvalue weighted by molar-refractivity contribution is 7.16. The molecule has 0 spiro atoms. The zero-order valence-electron chi connectivity index (χ0n) is 15.6. The Hall–Kier alpha value is -3.10. The Kier molecular flexibility index (Phi) is 4.89. The first-order valence-electron chi connectivity index (χ1n) is 8.49. The summed E-state index contributed by atoms with van der Waals surface area (Å²) in [6.07, 6.45) is 1.60. The summed E-state index contributed by atoms with van der Waals surface area (Å²) >= 11 is 1.47. The number of methoxy groups -OCH3 is 2. The molecule has 2 heterocycles. The number of aryl methyl sites for hydroxylation is 1. The minimum absolute atomic E-state index is 0.242. The molecule has 4 aromatic rings. The van der Waals surface area contributed by atoms with Gasteiger partial charge in [-0.3, -0.25) is 0 Å². The number of benzene rings is 2. The van der Waals surface area contributed by atoms with Crippen molar-refractivity contribution in [3.63, 3.8) is 0 Å². The van der Waals surface area contributed by atoms with Crippen molar-refractivity contribution < 1.29 is 19.0 Å². The molecular formula is C20H17N3O4S.